The summed E-state index contributed by atoms with van der Waals surface area (Å²) in [6, 6.07) is 0. The molecule has 0 heterocycles. The molecule has 0 radical (unpaired) electrons. The molecule has 0 N–H and O–H groups in total. The first-order valence-electron chi connectivity index (χ1n) is 8.68. The Balaban J connectivity index is 1.86. The first-order chi connectivity index (χ1) is 8.68. The molecule has 0 aromatic rings. The predicted molar refractivity (Wildman–Crippen MR) is 80.8 cm³/mol. The molecule has 19 heavy (non-hydrogen) atoms. The lowest BCUT2D eigenvalue weighted by Crippen LogP contribution is -2.80. The molecule has 2 bridgehead atoms. The highest BCUT2D eigenvalue weighted by Gasteiger charge is 2.88. The first kappa shape index (κ1) is 12.7. The second-order valence-electron chi connectivity index (χ2n) is 9.69. The molecule has 4 rings (SSSR count). The maximum Gasteiger partial charge on any atom is -0.0176 e. The van der Waals surface area contributed by atoms with Crippen LogP contribution in [0.15, 0.2) is 0 Å². The first-order valence-corrected chi connectivity index (χ1v) is 8.68. The van der Waals surface area contributed by atoms with Gasteiger partial charge in [0, 0.05) is 0 Å². The quantitative estimate of drug-likeness (QED) is 0.594. The van der Waals surface area contributed by atoms with Crippen LogP contribution in [-0.4, -0.2) is 0 Å². The molecule has 0 aromatic carbocycles. The van der Waals surface area contributed by atoms with Gasteiger partial charge in [-0.3, -0.25) is 0 Å². The minimum atomic E-state index is 0.591. The van der Waals surface area contributed by atoms with Crippen molar-refractivity contribution in [3.8, 4) is 0 Å². The van der Waals surface area contributed by atoms with Gasteiger partial charge < -0.3 is 0 Å². The fourth-order valence-electron chi connectivity index (χ4n) is 9.00. The Morgan fingerprint density at radius 3 is 2.05 bits per heavy atom. The van der Waals surface area contributed by atoms with Crippen LogP contribution >= 0.6 is 0 Å². The van der Waals surface area contributed by atoms with Crippen molar-refractivity contribution < 1.29 is 0 Å². The molecule has 0 heteroatoms. The summed E-state index contributed by atoms with van der Waals surface area (Å²) < 4.78 is 0. The van der Waals surface area contributed by atoms with Crippen molar-refractivity contribution in [3.63, 3.8) is 0 Å². The molecule has 108 valence electrons. The third-order valence-electron chi connectivity index (χ3n) is 10.0. The third-order valence-corrected chi connectivity index (χ3v) is 10.0. The molecule has 0 amide bonds. The summed E-state index contributed by atoms with van der Waals surface area (Å²) in [5.41, 5.74) is 2.57. The molecule has 0 aromatic heterocycles. The maximum atomic E-state index is 2.70. The van der Waals surface area contributed by atoms with Gasteiger partial charge in [0.2, 0.25) is 0 Å². The van der Waals surface area contributed by atoms with Gasteiger partial charge in [-0.05, 0) is 64.1 Å². The fraction of sp³-hybridized carbons (Fsp3) is 1.00. The van der Waals surface area contributed by atoms with Crippen molar-refractivity contribution >= 4 is 0 Å². The van der Waals surface area contributed by atoms with Crippen molar-refractivity contribution in [1.82, 2.24) is 0 Å². The molecule has 0 spiro atoms. The van der Waals surface area contributed by atoms with E-state index in [1.165, 1.54) is 19.3 Å². The van der Waals surface area contributed by atoms with Crippen LogP contribution in [0.1, 0.15) is 67.7 Å². The maximum absolute atomic E-state index is 2.70. The summed E-state index contributed by atoms with van der Waals surface area (Å²) in [5.74, 6) is 4.97. The van der Waals surface area contributed by atoms with Crippen LogP contribution in [-0.2, 0) is 0 Å². The van der Waals surface area contributed by atoms with E-state index < -0.39 is 0 Å². The number of hydrogen-bond acceptors (Lipinski definition) is 0. The zero-order chi connectivity index (χ0) is 14.0. The molecule has 4 aliphatic carbocycles. The van der Waals surface area contributed by atoms with Crippen LogP contribution in [0.2, 0.25) is 0 Å². The van der Waals surface area contributed by atoms with E-state index in [0.717, 1.165) is 29.6 Å². The smallest absolute Gasteiger partial charge is 0.0176 e. The number of fused-ring (bicyclic) bond motifs is 8. The Morgan fingerprint density at radius 2 is 1.53 bits per heavy atom. The van der Waals surface area contributed by atoms with Crippen LogP contribution in [0.3, 0.4) is 0 Å². The van der Waals surface area contributed by atoms with Gasteiger partial charge in [-0.15, -0.1) is 0 Å². The standard InChI is InChI=1S/C19H32/c1-8-12-13-10-14(16(12,3)4)18(6)15-9-11(2)17(15,5)19(13,18)7/h11-15H,8-10H2,1-7H3. The average Bonchev–Trinajstić information content (AvgIpc) is 2.74. The molecule has 0 saturated heterocycles. The minimum Gasteiger partial charge on any atom is -0.0651 e. The molecular weight excluding hydrogens is 228 g/mol. The Hall–Kier alpha value is 0. The van der Waals surface area contributed by atoms with E-state index in [1.54, 1.807) is 0 Å². The van der Waals surface area contributed by atoms with Crippen molar-refractivity contribution in [2.75, 3.05) is 0 Å². The molecule has 8 atom stereocenters. The van der Waals surface area contributed by atoms with Gasteiger partial charge in [0.1, 0.15) is 0 Å². The third kappa shape index (κ3) is 0.841. The molecular formula is C19H32. The summed E-state index contributed by atoms with van der Waals surface area (Å²) in [6.07, 6.45) is 4.45. The highest BCUT2D eigenvalue weighted by Crippen LogP contribution is 2.94. The van der Waals surface area contributed by atoms with Gasteiger partial charge in [-0.25, -0.2) is 0 Å². The Bertz CT molecular complexity index is 449. The fourth-order valence-corrected chi connectivity index (χ4v) is 9.00. The summed E-state index contributed by atoms with van der Waals surface area (Å²) in [7, 11) is 0. The van der Waals surface area contributed by atoms with Crippen LogP contribution in [0.4, 0.5) is 0 Å². The molecule has 8 unspecified atom stereocenters. The Kier molecular flexibility index (Phi) is 1.97. The van der Waals surface area contributed by atoms with Crippen molar-refractivity contribution in [3.05, 3.63) is 0 Å². The lowest BCUT2D eigenvalue weighted by molar-refractivity contribution is -0.380. The summed E-state index contributed by atoms with van der Waals surface area (Å²) >= 11 is 0. The Morgan fingerprint density at radius 1 is 0.895 bits per heavy atom. The predicted octanol–water partition coefficient (Wildman–Crippen LogP) is 5.38. The van der Waals surface area contributed by atoms with Crippen molar-refractivity contribution in [2.24, 2.45) is 51.2 Å². The highest BCUT2D eigenvalue weighted by molar-refractivity contribution is 5.36. The van der Waals surface area contributed by atoms with E-state index in [1.807, 2.05) is 0 Å². The highest BCUT2D eigenvalue weighted by atomic mass is 14.9. The lowest BCUT2D eigenvalue weighted by Gasteiger charge is -2.85. The zero-order valence-electron chi connectivity index (χ0n) is 14.0. The van der Waals surface area contributed by atoms with Gasteiger partial charge in [-0.2, -0.15) is 0 Å². The number of hydrogen-bond donors (Lipinski definition) is 0. The van der Waals surface area contributed by atoms with Gasteiger partial charge in [0.05, 0.1) is 0 Å². The van der Waals surface area contributed by atoms with Crippen LogP contribution in [0, 0.1) is 51.2 Å². The lowest BCUT2D eigenvalue weighted by atomic mass is 9.19. The van der Waals surface area contributed by atoms with Gasteiger partial charge in [0.25, 0.3) is 0 Å². The zero-order valence-corrected chi connectivity index (χ0v) is 14.0. The molecule has 0 nitrogen and oxygen atoms in total. The second-order valence-corrected chi connectivity index (χ2v) is 9.69. The summed E-state index contributed by atoms with van der Waals surface area (Å²) in [6.45, 7) is 18.2. The van der Waals surface area contributed by atoms with Crippen LogP contribution in [0.5, 0.6) is 0 Å². The topological polar surface area (TPSA) is 0 Å². The van der Waals surface area contributed by atoms with E-state index in [-0.39, 0.29) is 0 Å². The molecule has 4 saturated carbocycles. The van der Waals surface area contributed by atoms with Crippen LogP contribution < -0.4 is 0 Å². The number of rotatable bonds is 1. The normalized spacial score (nSPS) is 68.1. The SMILES string of the molecule is CCC1C2CC(C1(C)C)C1(C)C3CC(C)C3(C)C21C. The Labute approximate surface area is 119 Å². The van der Waals surface area contributed by atoms with E-state index in [0.29, 0.717) is 21.7 Å². The minimum absolute atomic E-state index is 0.591. The van der Waals surface area contributed by atoms with E-state index in [2.05, 4.69) is 48.5 Å². The van der Waals surface area contributed by atoms with Gasteiger partial charge in [0.15, 0.2) is 0 Å². The average molecular weight is 260 g/mol. The second kappa shape index (κ2) is 2.95. The van der Waals surface area contributed by atoms with Crippen molar-refractivity contribution in [1.29, 1.82) is 0 Å². The molecule has 0 aliphatic heterocycles. The molecule has 4 aliphatic rings. The summed E-state index contributed by atoms with van der Waals surface area (Å²) in [5, 5.41) is 0. The monoisotopic (exact) mass is 260 g/mol. The summed E-state index contributed by atoms with van der Waals surface area (Å²) in [4.78, 5) is 0. The van der Waals surface area contributed by atoms with E-state index in [4.69, 9.17) is 0 Å². The van der Waals surface area contributed by atoms with Gasteiger partial charge >= 0.3 is 0 Å². The largest absolute Gasteiger partial charge is 0.0651 e. The molecule has 4 fully saturated rings. The van der Waals surface area contributed by atoms with Crippen molar-refractivity contribution in [2.45, 2.75) is 67.7 Å². The van der Waals surface area contributed by atoms with Gasteiger partial charge in [-0.1, -0.05) is 54.9 Å². The van der Waals surface area contributed by atoms with Crippen LogP contribution in [0.25, 0.3) is 0 Å². The van der Waals surface area contributed by atoms with E-state index in [9.17, 15) is 0 Å². The van der Waals surface area contributed by atoms with E-state index >= 15 is 0 Å².